The Labute approximate surface area is 260 Å². The number of aliphatic hydroxyl groups excluding tert-OH is 1. The molecule has 1 aromatic heterocycles. The lowest BCUT2D eigenvalue weighted by Gasteiger charge is -2.60. The Balaban J connectivity index is 1.33. The molecule has 3 fully saturated rings. The number of rotatable bonds is 7. The zero-order chi connectivity index (χ0) is 31.4. The first-order chi connectivity index (χ1) is 21.0. The van der Waals surface area contributed by atoms with Crippen molar-refractivity contribution in [2.45, 2.75) is 71.0 Å². The molecule has 3 saturated carbocycles. The maximum absolute atomic E-state index is 13.7. The average Bonchev–Trinajstić information content (AvgIpc) is 3.54. The summed E-state index contributed by atoms with van der Waals surface area (Å²) in [5.41, 5.74) is 8.79. The summed E-state index contributed by atoms with van der Waals surface area (Å²) in [4.78, 5) is 31.7. The molecule has 6 rings (SSSR count). The molecule has 234 valence electrons. The van der Waals surface area contributed by atoms with Gasteiger partial charge in [0.05, 0.1) is 17.3 Å². The lowest BCUT2D eigenvalue weighted by Crippen LogP contribution is -2.76. The first kappa shape index (κ1) is 30.8. The van der Waals surface area contributed by atoms with Crippen LogP contribution in [0.3, 0.4) is 0 Å². The maximum Gasteiger partial charge on any atom is 0.352 e. The minimum atomic E-state index is -1.59. The minimum Gasteiger partial charge on any atom is -0.447 e. The van der Waals surface area contributed by atoms with E-state index in [1.807, 2.05) is 12.2 Å². The smallest absolute Gasteiger partial charge is 0.352 e. The molecular formula is C33H40FN4O5S+. The number of aryl methyl sites for hydroxylation is 1. The number of nitrogens with one attached hydrogen (secondary N) is 1. The number of esters is 2. The number of benzene rings is 1. The van der Waals surface area contributed by atoms with Crippen molar-refractivity contribution in [3.63, 3.8) is 0 Å². The zero-order valence-corrected chi connectivity index (χ0v) is 26.1. The summed E-state index contributed by atoms with van der Waals surface area (Å²) in [5, 5.41) is 22.3. The number of nitrogens with zero attached hydrogens (tertiary/aromatic N) is 1. The molecule has 11 heteroatoms. The fourth-order valence-electron chi connectivity index (χ4n) is 9.15. The third-order valence-corrected chi connectivity index (χ3v) is 12.1. The predicted octanol–water partition coefficient (Wildman–Crippen LogP) is 4.29. The van der Waals surface area contributed by atoms with Crippen molar-refractivity contribution in [2.75, 3.05) is 6.73 Å². The third kappa shape index (κ3) is 4.67. The van der Waals surface area contributed by atoms with E-state index in [2.05, 4.69) is 18.0 Å². The highest BCUT2D eigenvalue weighted by molar-refractivity contribution is 7.11. The van der Waals surface area contributed by atoms with Crippen molar-refractivity contribution >= 4 is 35.2 Å². The average molecular weight is 624 g/mol. The quantitative estimate of drug-likeness (QED) is 0.155. The van der Waals surface area contributed by atoms with Gasteiger partial charge in [0.2, 0.25) is 5.60 Å². The highest BCUT2D eigenvalue weighted by Gasteiger charge is 2.71. The number of halogens is 1. The van der Waals surface area contributed by atoms with E-state index < -0.39 is 34.5 Å². The molecule has 7 unspecified atom stereocenters. The summed E-state index contributed by atoms with van der Waals surface area (Å²) in [5.74, 6) is -1.62. The number of carbonyl (C=O) groups is 2. The Morgan fingerprint density at radius 2 is 2.02 bits per heavy atom. The number of carbonyl (C=O) groups excluding carboxylic acids is 2. The van der Waals surface area contributed by atoms with E-state index in [0.29, 0.717) is 23.4 Å². The number of hydrogen-bond donors (Lipinski definition) is 4. The Kier molecular flexibility index (Phi) is 7.88. The normalized spacial score (nSPS) is 34.4. The van der Waals surface area contributed by atoms with Crippen LogP contribution in [0, 0.1) is 46.7 Å². The van der Waals surface area contributed by atoms with Crippen LogP contribution in [-0.4, -0.2) is 46.7 Å². The fraction of sp³-hybridized carbons (Fsp3) is 0.515. The molecule has 9 nitrogen and oxygen atoms in total. The van der Waals surface area contributed by atoms with Crippen molar-refractivity contribution in [2.24, 2.45) is 34.3 Å². The van der Waals surface area contributed by atoms with Gasteiger partial charge in [-0.3, -0.25) is 11.1 Å². The van der Waals surface area contributed by atoms with Gasteiger partial charge in [0.15, 0.2) is 0 Å². The number of allylic oxidation sites excluding steroid dienone is 3. The summed E-state index contributed by atoms with van der Waals surface area (Å²) in [7, 11) is 0. The van der Waals surface area contributed by atoms with E-state index >= 15 is 0 Å². The Hall–Kier alpha value is -3.25. The van der Waals surface area contributed by atoms with Crippen molar-refractivity contribution in [3.8, 4) is 0 Å². The second-order valence-electron chi connectivity index (χ2n) is 13.2. The molecule has 0 aliphatic heterocycles. The molecule has 1 aromatic carbocycles. The molecule has 0 amide bonds. The molecule has 0 radical (unpaired) electrons. The molecular weight excluding hydrogens is 583 g/mol. The van der Waals surface area contributed by atoms with Crippen LogP contribution >= 0.6 is 11.3 Å². The number of aliphatic hydroxyl groups is 1. The van der Waals surface area contributed by atoms with Crippen LogP contribution in [0.15, 0.2) is 52.7 Å². The lowest BCUT2D eigenvalue weighted by molar-refractivity contribution is -0.513. The van der Waals surface area contributed by atoms with E-state index in [9.17, 15) is 19.1 Å². The molecule has 0 saturated heterocycles. The molecule has 0 bridgehead atoms. The first-order valence-corrected chi connectivity index (χ1v) is 16.1. The van der Waals surface area contributed by atoms with Crippen molar-refractivity contribution in [1.29, 1.82) is 5.41 Å². The molecule has 4 aliphatic carbocycles. The standard InChI is InChI=1S/C33H39FN4O5S/c1-18-28(44-17-37-18)29(40)43-33(30(41)42-16-36)11-10-24-23-9-4-20-12-25(38-22-7-5-21(34)6-8-22)19(15-35)13-31(20,2)27(23)26(39)14-32(24,33)3/h5-8,12,15,17,23-24,26-27,35,38-39H,4,9-11,13-14,16,36H2,1-3H3/p+1. The number of nitrogens with two attached hydrogens (primary N) is 2. The van der Waals surface area contributed by atoms with Crippen molar-refractivity contribution in [1.82, 2.24) is 4.98 Å². The molecule has 6 N–H and O–H groups in total. The Bertz CT molecular complexity index is 1560. The predicted molar refractivity (Wildman–Crippen MR) is 162 cm³/mol. The second kappa shape index (κ2) is 11.3. The van der Waals surface area contributed by atoms with E-state index in [0.717, 1.165) is 29.8 Å². The van der Waals surface area contributed by atoms with E-state index in [4.69, 9.17) is 20.6 Å². The van der Waals surface area contributed by atoms with Crippen LogP contribution in [-0.2, 0) is 14.3 Å². The van der Waals surface area contributed by atoms with E-state index in [1.54, 1.807) is 24.6 Å². The maximum atomic E-state index is 13.7. The van der Waals surface area contributed by atoms with Crippen molar-refractivity contribution < 1.29 is 33.9 Å². The largest absolute Gasteiger partial charge is 0.447 e. The summed E-state index contributed by atoms with van der Waals surface area (Å²) in [6, 6.07) is 6.31. The monoisotopic (exact) mass is 623 g/mol. The van der Waals surface area contributed by atoms with Crippen molar-refractivity contribution in [3.05, 3.63) is 69.1 Å². The third-order valence-electron chi connectivity index (χ3n) is 11.2. The van der Waals surface area contributed by atoms with E-state index in [-0.39, 0.29) is 43.1 Å². The molecule has 44 heavy (non-hydrogen) atoms. The van der Waals surface area contributed by atoms with Gasteiger partial charge in [-0.1, -0.05) is 19.4 Å². The number of ether oxygens (including phenoxy) is 2. The minimum absolute atomic E-state index is 0.00505. The number of thiazole rings is 1. The van der Waals surface area contributed by atoms with Gasteiger partial charge >= 0.3 is 11.9 Å². The first-order valence-electron chi connectivity index (χ1n) is 15.2. The van der Waals surface area contributed by atoms with Crippen LogP contribution in [0.25, 0.3) is 0 Å². The van der Waals surface area contributed by atoms with Gasteiger partial charge in [0.25, 0.3) is 0 Å². The molecule has 7 atom stereocenters. The topological polar surface area (TPSA) is 152 Å². The number of aromatic nitrogens is 1. The van der Waals surface area contributed by atoms with Crippen LogP contribution in [0.1, 0.15) is 67.7 Å². The molecule has 1 heterocycles. The van der Waals surface area contributed by atoms with Crippen LogP contribution < -0.4 is 11.1 Å². The highest BCUT2D eigenvalue weighted by Crippen LogP contribution is 2.68. The molecule has 4 aliphatic rings. The van der Waals surface area contributed by atoms with Gasteiger partial charge in [0.1, 0.15) is 28.8 Å². The van der Waals surface area contributed by atoms with Gasteiger partial charge in [0, 0.05) is 29.3 Å². The zero-order valence-electron chi connectivity index (χ0n) is 25.3. The number of fused-ring (bicyclic) bond motifs is 5. The van der Waals surface area contributed by atoms with Gasteiger partial charge in [-0.15, -0.1) is 11.3 Å². The number of quaternary nitrogens is 1. The summed E-state index contributed by atoms with van der Waals surface area (Å²) in [6.45, 7) is 5.54. The van der Waals surface area contributed by atoms with Crippen LogP contribution in [0.2, 0.25) is 0 Å². The molecule has 2 aromatic rings. The van der Waals surface area contributed by atoms with Crippen LogP contribution in [0.4, 0.5) is 10.1 Å². The van der Waals surface area contributed by atoms with Gasteiger partial charge in [-0.2, -0.15) is 0 Å². The highest BCUT2D eigenvalue weighted by atomic mass is 32.1. The van der Waals surface area contributed by atoms with Gasteiger partial charge in [-0.25, -0.2) is 19.0 Å². The Morgan fingerprint density at radius 3 is 2.68 bits per heavy atom. The molecule has 0 spiro atoms. The summed E-state index contributed by atoms with van der Waals surface area (Å²) >= 11 is 1.17. The van der Waals surface area contributed by atoms with Gasteiger partial charge in [-0.05, 0) is 86.8 Å². The SMILES string of the molecule is Cc1ncsc1C(=O)OC1(C(=O)OCN)CCC2C3CCC4=CC([NH2+]c5ccc(F)cc5)=C(C=N)CC4(C)C3C(O)CC21C. The lowest BCUT2D eigenvalue weighted by atomic mass is 9.45. The van der Waals surface area contributed by atoms with E-state index in [1.165, 1.54) is 35.3 Å². The number of hydrogen-bond acceptors (Lipinski definition) is 9. The Morgan fingerprint density at radius 1 is 1.27 bits per heavy atom. The second-order valence-corrected chi connectivity index (χ2v) is 14.1. The van der Waals surface area contributed by atoms with Gasteiger partial charge < -0.3 is 20.0 Å². The summed E-state index contributed by atoms with van der Waals surface area (Å²) in [6.07, 6.45) is 6.17. The van der Waals surface area contributed by atoms with Crippen LogP contribution in [0.5, 0.6) is 0 Å². The summed E-state index contributed by atoms with van der Waals surface area (Å²) < 4.78 is 25.1. The fourth-order valence-corrected chi connectivity index (χ4v) is 9.83.